The number of carbonyl (C=O) groups is 1. The van der Waals surface area contributed by atoms with Crippen molar-refractivity contribution in [1.29, 1.82) is 0 Å². The lowest BCUT2D eigenvalue weighted by molar-refractivity contribution is -0.111. The molecule has 0 saturated carbocycles. The Hall–Kier alpha value is -4.24. The molecule has 4 rings (SSSR count). The van der Waals surface area contributed by atoms with Crippen LogP contribution < -0.4 is 20.1 Å². The van der Waals surface area contributed by atoms with Crippen LogP contribution in [0.1, 0.15) is 26.5 Å². The maximum Gasteiger partial charge on any atom is 0.247 e. The summed E-state index contributed by atoms with van der Waals surface area (Å²) in [5.74, 6) is 0.937. The molecule has 0 aliphatic rings. The molecule has 3 aromatic heterocycles. The summed E-state index contributed by atoms with van der Waals surface area (Å²) in [6.07, 6.45) is 5.93. The van der Waals surface area contributed by atoms with Crippen molar-refractivity contribution in [3.8, 4) is 11.6 Å². The lowest BCUT2D eigenvalue weighted by atomic mass is 9.99. The van der Waals surface area contributed by atoms with Crippen molar-refractivity contribution in [2.75, 3.05) is 17.2 Å². The summed E-state index contributed by atoms with van der Waals surface area (Å²) >= 11 is 6.42. The van der Waals surface area contributed by atoms with Crippen molar-refractivity contribution >= 4 is 45.6 Å². The number of amides is 1. The lowest BCUT2D eigenvalue weighted by Gasteiger charge is -2.21. The van der Waals surface area contributed by atoms with Crippen LogP contribution >= 0.6 is 11.6 Å². The second kappa shape index (κ2) is 11.2. The Morgan fingerprint density at radius 2 is 1.95 bits per heavy atom. The van der Waals surface area contributed by atoms with E-state index in [2.05, 4.69) is 57.9 Å². The molecule has 0 bridgehead atoms. The summed E-state index contributed by atoms with van der Waals surface area (Å²) in [5, 5.41) is 7.02. The van der Waals surface area contributed by atoms with Gasteiger partial charge >= 0.3 is 0 Å². The van der Waals surface area contributed by atoms with Gasteiger partial charge in [0.15, 0.2) is 0 Å². The van der Waals surface area contributed by atoms with Gasteiger partial charge in [-0.2, -0.15) is 0 Å². The largest absolute Gasteiger partial charge is 0.491 e. The van der Waals surface area contributed by atoms with E-state index in [4.69, 9.17) is 21.1 Å². The molecule has 0 aliphatic heterocycles. The number of aromatic nitrogens is 4. The summed E-state index contributed by atoms with van der Waals surface area (Å²) < 4.78 is 11.7. The fourth-order valence-corrected chi connectivity index (χ4v) is 3.46. The molecule has 4 aromatic rings. The lowest BCUT2D eigenvalue weighted by Crippen LogP contribution is -2.18. The fraction of sp³-hybridized carbons (Fsp3) is 0.222. The zero-order valence-electron chi connectivity index (χ0n) is 20.8. The molecule has 0 unspecified atom stereocenters. The molecule has 0 atom stereocenters. The number of pyridine rings is 2. The van der Waals surface area contributed by atoms with E-state index in [1.165, 1.54) is 12.4 Å². The third-order valence-electron chi connectivity index (χ3n) is 4.99. The minimum Gasteiger partial charge on any atom is -0.491 e. The van der Waals surface area contributed by atoms with Gasteiger partial charge in [-0.05, 0) is 35.8 Å². The molecule has 1 aromatic carbocycles. The maximum absolute atomic E-state index is 12.1. The molecular weight excluding hydrogens is 492 g/mol. The third kappa shape index (κ3) is 6.92. The highest BCUT2D eigenvalue weighted by Gasteiger charge is 2.17. The molecule has 0 spiro atoms. The van der Waals surface area contributed by atoms with E-state index in [1.54, 1.807) is 30.6 Å². The summed E-state index contributed by atoms with van der Waals surface area (Å²) in [6.45, 7) is 10.4. The van der Waals surface area contributed by atoms with Gasteiger partial charge in [0.2, 0.25) is 11.8 Å². The molecule has 190 valence electrons. The quantitative estimate of drug-likeness (QED) is 0.262. The van der Waals surface area contributed by atoms with Crippen LogP contribution in [-0.2, 0) is 11.4 Å². The Kier molecular flexibility index (Phi) is 7.83. The van der Waals surface area contributed by atoms with E-state index >= 15 is 0 Å². The van der Waals surface area contributed by atoms with Gasteiger partial charge in [0.1, 0.15) is 29.5 Å². The van der Waals surface area contributed by atoms with E-state index in [0.29, 0.717) is 51.4 Å². The van der Waals surface area contributed by atoms with Gasteiger partial charge in [0.25, 0.3) is 0 Å². The number of carbonyl (C=O) groups excluding carboxylic acids is 1. The van der Waals surface area contributed by atoms with Crippen LogP contribution in [0.2, 0.25) is 5.02 Å². The average molecular weight is 519 g/mol. The van der Waals surface area contributed by atoms with Crippen LogP contribution in [0.15, 0.2) is 67.8 Å². The minimum absolute atomic E-state index is 0.0766. The Labute approximate surface area is 219 Å². The summed E-state index contributed by atoms with van der Waals surface area (Å²) in [5.41, 5.74) is 2.40. The number of rotatable bonds is 9. The monoisotopic (exact) mass is 518 g/mol. The SMILES string of the molecule is C=CC(=O)Nc1cc2c(Nc3cnc(OCc4ccccn4)c(Cl)c3)ncnc2cc1OCC(C)(C)C. The normalized spacial score (nSPS) is 11.1. The zero-order valence-corrected chi connectivity index (χ0v) is 21.5. The molecule has 2 N–H and O–H groups in total. The molecule has 9 nitrogen and oxygen atoms in total. The highest BCUT2D eigenvalue weighted by Crippen LogP contribution is 2.35. The first-order valence-electron chi connectivity index (χ1n) is 11.5. The molecule has 0 aliphatic carbocycles. The Morgan fingerprint density at radius 3 is 2.65 bits per heavy atom. The van der Waals surface area contributed by atoms with Gasteiger partial charge in [0, 0.05) is 17.6 Å². The number of nitrogens with zero attached hydrogens (tertiary/aromatic N) is 4. The highest BCUT2D eigenvalue weighted by molar-refractivity contribution is 6.32. The number of ether oxygens (including phenoxy) is 2. The fourth-order valence-electron chi connectivity index (χ4n) is 3.24. The Bertz CT molecular complexity index is 1420. The van der Waals surface area contributed by atoms with Crippen molar-refractivity contribution in [3.63, 3.8) is 0 Å². The number of nitrogens with one attached hydrogen (secondary N) is 2. The second-order valence-corrected chi connectivity index (χ2v) is 9.78. The van der Waals surface area contributed by atoms with Crippen molar-refractivity contribution in [1.82, 2.24) is 19.9 Å². The Morgan fingerprint density at radius 1 is 1.11 bits per heavy atom. The van der Waals surface area contributed by atoms with Crippen LogP contribution in [0.5, 0.6) is 11.6 Å². The predicted octanol–water partition coefficient (Wildman–Crippen LogP) is 5.95. The summed E-state index contributed by atoms with van der Waals surface area (Å²) in [6, 6.07) is 10.8. The average Bonchev–Trinajstić information content (AvgIpc) is 2.87. The zero-order chi connectivity index (χ0) is 26.4. The van der Waals surface area contributed by atoms with Crippen molar-refractivity contribution in [2.24, 2.45) is 5.41 Å². The van der Waals surface area contributed by atoms with Crippen LogP contribution in [0.25, 0.3) is 10.9 Å². The number of hydrogen-bond acceptors (Lipinski definition) is 8. The van der Waals surface area contributed by atoms with E-state index < -0.39 is 0 Å². The van der Waals surface area contributed by atoms with Crippen molar-refractivity contribution in [2.45, 2.75) is 27.4 Å². The van der Waals surface area contributed by atoms with Crippen molar-refractivity contribution in [3.05, 3.63) is 78.5 Å². The predicted molar refractivity (Wildman–Crippen MR) is 144 cm³/mol. The van der Waals surface area contributed by atoms with E-state index in [9.17, 15) is 4.79 Å². The molecule has 0 saturated heterocycles. The minimum atomic E-state index is -0.358. The van der Waals surface area contributed by atoms with Gasteiger partial charge in [-0.3, -0.25) is 9.78 Å². The molecule has 0 radical (unpaired) electrons. The molecule has 10 heteroatoms. The maximum atomic E-state index is 12.1. The summed E-state index contributed by atoms with van der Waals surface area (Å²) in [4.78, 5) is 29.4. The molecule has 37 heavy (non-hydrogen) atoms. The number of anilines is 3. The Balaban J connectivity index is 1.60. The topological polar surface area (TPSA) is 111 Å². The van der Waals surface area contributed by atoms with Crippen molar-refractivity contribution < 1.29 is 14.3 Å². The first-order chi connectivity index (χ1) is 17.7. The van der Waals surface area contributed by atoms with Crippen LogP contribution in [0.4, 0.5) is 17.2 Å². The first kappa shape index (κ1) is 25.8. The smallest absolute Gasteiger partial charge is 0.247 e. The van der Waals surface area contributed by atoms with Gasteiger partial charge in [0.05, 0.1) is 35.4 Å². The van der Waals surface area contributed by atoms with E-state index in [0.717, 1.165) is 5.69 Å². The number of benzene rings is 1. The van der Waals surface area contributed by atoms with Crippen LogP contribution in [0, 0.1) is 5.41 Å². The second-order valence-electron chi connectivity index (χ2n) is 9.38. The standard InChI is InChI=1S/C27H27ClN6O3/c1-5-24(35)34-22-11-19-21(12-23(22)37-15-27(2,3)4)31-16-32-25(19)33-18-10-20(28)26(30-13-18)36-14-17-8-6-7-9-29-17/h5-13,16H,1,14-15H2,2-4H3,(H,34,35)(H,31,32,33). The van der Waals surface area contributed by atoms with Gasteiger partial charge in [-0.1, -0.05) is 45.0 Å². The van der Waals surface area contributed by atoms with Gasteiger partial charge < -0.3 is 20.1 Å². The first-order valence-corrected chi connectivity index (χ1v) is 11.9. The van der Waals surface area contributed by atoms with Crippen LogP contribution in [0.3, 0.4) is 0 Å². The van der Waals surface area contributed by atoms with E-state index in [1.807, 2.05) is 18.2 Å². The number of hydrogen-bond donors (Lipinski definition) is 2. The molecule has 1 amide bonds. The van der Waals surface area contributed by atoms with Crippen LogP contribution in [-0.4, -0.2) is 32.4 Å². The molecule has 0 fully saturated rings. The molecule has 3 heterocycles. The molecular formula is C27H27ClN6O3. The number of fused-ring (bicyclic) bond motifs is 1. The van der Waals surface area contributed by atoms with Gasteiger partial charge in [-0.25, -0.2) is 15.0 Å². The third-order valence-corrected chi connectivity index (χ3v) is 5.26. The highest BCUT2D eigenvalue weighted by atomic mass is 35.5. The summed E-state index contributed by atoms with van der Waals surface area (Å²) in [7, 11) is 0. The van der Waals surface area contributed by atoms with E-state index in [-0.39, 0.29) is 17.9 Å². The number of halogens is 1. The van der Waals surface area contributed by atoms with Gasteiger partial charge in [-0.15, -0.1) is 0 Å².